The molecule has 4 aromatic carbocycles. The maximum atomic E-state index is 13.1. The molecule has 1 fully saturated rings. The highest BCUT2D eigenvalue weighted by Gasteiger charge is 2.70. The van der Waals surface area contributed by atoms with E-state index in [-0.39, 0.29) is 61.4 Å². The predicted molar refractivity (Wildman–Crippen MR) is 282 cm³/mol. The molecule has 0 aromatic heterocycles. The van der Waals surface area contributed by atoms with Crippen LogP contribution >= 0.6 is 0 Å². The molecule has 2 atom stereocenters. The standard InChI is InChI=1S/C30H36F6O5.C30H34F6O4/c1-5-27(6-2,23-12-13-25(20(4)17-23)41-18-24(37)8-7-9-26(38)39)22-11-10-21(19(3)16-22)14-15-28(40,29(31,32)33)30(34,35)36;1-5-27(6-2,23-12-13-25(20(4)17-23)39-18-24-8-7-9-26(37)40-24)22-11-10-21(19(3)16-22)14-15-28(38,29(31,32)33)30(34,35)36/h10-17,24,37,40H,5-9,18H2,1-4H3,(H,38,39);10-17,24,38H,5-9,18H2,1-4H3/b2*15-14+/t2*24-/m00/s1. The number of esters is 1. The van der Waals surface area contributed by atoms with E-state index in [0.717, 1.165) is 46.2 Å². The Morgan fingerprint density at radius 1 is 0.605 bits per heavy atom. The summed E-state index contributed by atoms with van der Waals surface area (Å²) < 4.78 is 174. The highest BCUT2D eigenvalue weighted by Crippen LogP contribution is 2.47. The van der Waals surface area contributed by atoms with Crippen molar-refractivity contribution in [2.45, 2.75) is 179 Å². The second-order valence-electron chi connectivity index (χ2n) is 20.4. The van der Waals surface area contributed by atoms with Gasteiger partial charge in [-0.2, -0.15) is 52.7 Å². The number of benzene rings is 4. The molecular formula is C60H70F12O9. The Balaban J connectivity index is 0.000000348. The third kappa shape index (κ3) is 15.7. The summed E-state index contributed by atoms with van der Waals surface area (Å²) in [7, 11) is 0. The number of aliphatic hydroxyl groups is 3. The summed E-state index contributed by atoms with van der Waals surface area (Å²) in [4.78, 5) is 22.2. The van der Waals surface area contributed by atoms with E-state index in [1.165, 1.54) is 12.1 Å². The number of aryl methyl sites for hydroxylation is 4. The third-order valence-electron chi connectivity index (χ3n) is 15.2. The quantitative estimate of drug-likeness (QED) is 0.0447. The van der Waals surface area contributed by atoms with E-state index in [0.29, 0.717) is 73.3 Å². The summed E-state index contributed by atoms with van der Waals surface area (Å²) in [6.45, 7) is 15.1. The van der Waals surface area contributed by atoms with Crippen LogP contribution in [0.25, 0.3) is 12.2 Å². The molecule has 0 bridgehead atoms. The summed E-state index contributed by atoms with van der Waals surface area (Å²) in [6.07, 6.45) is -19.0. The van der Waals surface area contributed by atoms with Crippen LogP contribution in [0.4, 0.5) is 52.7 Å². The lowest BCUT2D eigenvalue weighted by atomic mass is 9.70. The Morgan fingerprint density at radius 3 is 1.31 bits per heavy atom. The van der Waals surface area contributed by atoms with Crippen molar-refractivity contribution in [3.8, 4) is 11.5 Å². The Hall–Kier alpha value is -6.06. The first-order valence-corrected chi connectivity index (χ1v) is 26.4. The Morgan fingerprint density at radius 2 is 0.975 bits per heavy atom. The molecule has 0 radical (unpaired) electrons. The van der Waals surface area contributed by atoms with Crippen molar-refractivity contribution in [1.29, 1.82) is 0 Å². The van der Waals surface area contributed by atoms with E-state index in [1.807, 2.05) is 71.9 Å². The fourth-order valence-corrected chi connectivity index (χ4v) is 9.96. The van der Waals surface area contributed by atoms with Gasteiger partial charge in [-0.3, -0.25) is 9.59 Å². The monoisotopic (exact) mass is 1160 g/mol. The number of hydrogen-bond donors (Lipinski definition) is 4. The van der Waals surface area contributed by atoms with Crippen LogP contribution < -0.4 is 9.47 Å². The molecule has 1 aliphatic rings. The normalized spacial score (nSPS) is 15.6. The lowest BCUT2D eigenvalue weighted by Gasteiger charge is -2.34. The van der Waals surface area contributed by atoms with Crippen molar-refractivity contribution in [2.75, 3.05) is 13.2 Å². The molecule has 0 spiro atoms. The molecule has 0 unspecified atom stereocenters. The number of alkyl halides is 12. The Bertz CT molecular complexity index is 2790. The van der Waals surface area contributed by atoms with Crippen LogP contribution in [0.15, 0.2) is 84.9 Å². The molecule has 1 aliphatic heterocycles. The van der Waals surface area contributed by atoms with Crippen LogP contribution in [-0.2, 0) is 25.2 Å². The maximum absolute atomic E-state index is 13.1. The molecule has 81 heavy (non-hydrogen) atoms. The molecule has 4 aromatic rings. The minimum Gasteiger partial charge on any atom is -0.491 e. The number of cyclic esters (lactones) is 1. The number of carbonyl (C=O) groups excluding carboxylic acids is 1. The topological polar surface area (TPSA) is 143 Å². The number of ether oxygens (including phenoxy) is 3. The van der Waals surface area contributed by atoms with Gasteiger partial charge in [0.1, 0.15) is 30.8 Å². The molecule has 5 rings (SSSR count). The summed E-state index contributed by atoms with van der Waals surface area (Å²) in [5.41, 5.74) is -4.55. The van der Waals surface area contributed by atoms with Crippen LogP contribution in [0, 0.1) is 27.7 Å². The average Bonchev–Trinajstić information content (AvgIpc) is 3.38. The second-order valence-corrected chi connectivity index (χ2v) is 20.4. The van der Waals surface area contributed by atoms with Gasteiger partial charge in [0.05, 0.1) is 6.10 Å². The van der Waals surface area contributed by atoms with Crippen molar-refractivity contribution in [3.05, 3.63) is 141 Å². The van der Waals surface area contributed by atoms with E-state index in [9.17, 15) is 77.6 Å². The lowest BCUT2D eigenvalue weighted by Crippen LogP contribution is -2.55. The van der Waals surface area contributed by atoms with Gasteiger partial charge < -0.3 is 34.6 Å². The van der Waals surface area contributed by atoms with Gasteiger partial charge in [-0.05, 0) is 159 Å². The number of carboxylic acid groups (broad SMARTS) is 1. The van der Waals surface area contributed by atoms with Crippen molar-refractivity contribution in [1.82, 2.24) is 0 Å². The molecule has 1 saturated heterocycles. The average molecular weight is 1160 g/mol. The summed E-state index contributed by atoms with van der Waals surface area (Å²) in [5, 5.41) is 37.7. The van der Waals surface area contributed by atoms with Crippen LogP contribution in [0.3, 0.4) is 0 Å². The Kier molecular flexibility index (Phi) is 22.4. The minimum absolute atomic E-state index is 0.00151. The van der Waals surface area contributed by atoms with Crippen LogP contribution in [0.5, 0.6) is 11.5 Å². The van der Waals surface area contributed by atoms with Crippen molar-refractivity contribution in [2.24, 2.45) is 0 Å². The number of hydrogen-bond acceptors (Lipinski definition) is 8. The first-order valence-electron chi connectivity index (χ1n) is 26.4. The molecule has 0 amide bonds. The minimum atomic E-state index is -5.94. The van der Waals surface area contributed by atoms with Gasteiger partial charge >= 0.3 is 36.6 Å². The number of halogens is 12. The van der Waals surface area contributed by atoms with Gasteiger partial charge in [0.2, 0.25) is 0 Å². The van der Waals surface area contributed by atoms with Crippen molar-refractivity contribution in [3.63, 3.8) is 0 Å². The smallest absolute Gasteiger partial charge is 0.430 e. The molecule has 4 N–H and O–H groups in total. The SMILES string of the molecule is CCC(CC)(c1ccc(/C=C/C(O)(C(F)(F)F)C(F)(F)F)c(C)c1)c1ccc(OC[C@@H](O)CCCC(=O)O)c(C)c1.CCC(CC)(c1ccc(/C=C/C(O)(C(F)(F)F)C(F)(F)F)c(C)c1)c1ccc(OC[C@@H]2CCCC(=O)O2)c(C)c1. The molecule has 448 valence electrons. The molecule has 1 heterocycles. The van der Waals surface area contributed by atoms with Crippen molar-refractivity contribution < 1.29 is 96.9 Å². The molecular weight excluding hydrogens is 1090 g/mol. The number of rotatable bonds is 22. The second kappa shape index (κ2) is 26.9. The van der Waals surface area contributed by atoms with Gasteiger partial charge in [0.15, 0.2) is 0 Å². The molecule has 9 nitrogen and oxygen atoms in total. The first-order chi connectivity index (χ1) is 37.5. The van der Waals surface area contributed by atoms with Gasteiger partial charge in [0, 0.05) is 23.7 Å². The van der Waals surface area contributed by atoms with Crippen molar-refractivity contribution >= 4 is 24.1 Å². The molecule has 0 saturated carbocycles. The largest absolute Gasteiger partial charge is 0.491 e. The summed E-state index contributed by atoms with van der Waals surface area (Å²) in [6, 6.07) is 21.1. The zero-order valence-electron chi connectivity index (χ0n) is 46.2. The van der Waals surface area contributed by atoms with Gasteiger partial charge in [-0.25, -0.2) is 0 Å². The highest BCUT2D eigenvalue weighted by molar-refractivity contribution is 5.70. The van der Waals surface area contributed by atoms with E-state index < -0.39 is 58.8 Å². The number of aliphatic carboxylic acids is 1. The number of aliphatic hydroxyl groups excluding tert-OH is 1. The maximum Gasteiger partial charge on any atom is 0.430 e. The van der Waals surface area contributed by atoms with Crippen LogP contribution in [0.1, 0.15) is 148 Å². The fourth-order valence-electron chi connectivity index (χ4n) is 9.96. The van der Waals surface area contributed by atoms with Crippen LogP contribution in [0.2, 0.25) is 0 Å². The highest BCUT2D eigenvalue weighted by atomic mass is 19.4. The van der Waals surface area contributed by atoms with E-state index >= 15 is 0 Å². The predicted octanol–water partition coefficient (Wildman–Crippen LogP) is 15.0. The fraction of sp³-hybridized carbons (Fsp3) is 0.500. The molecule has 21 heteroatoms. The lowest BCUT2D eigenvalue weighted by molar-refractivity contribution is -0.348. The Labute approximate surface area is 463 Å². The first kappa shape index (κ1) is 67.4. The van der Waals surface area contributed by atoms with Gasteiger partial charge in [0.25, 0.3) is 11.2 Å². The summed E-state index contributed by atoms with van der Waals surface area (Å²) in [5.74, 6) is 0.0441. The summed E-state index contributed by atoms with van der Waals surface area (Å²) >= 11 is 0. The number of carbonyl (C=O) groups is 2. The zero-order valence-corrected chi connectivity index (χ0v) is 46.2. The zero-order chi connectivity index (χ0) is 61.2. The third-order valence-corrected chi connectivity index (χ3v) is 15.2. The van der Waals surface area contributed by atoms with E-state index in [4.69, 9.17) is 19.3 Å². The van der Waals surface area contributed by atoms with Gasteiger partial charge in [-0.1, -0.05) is 101 Å². The van der Waals surface area contributed by atoms with Crippen LogP contribution in [-0.4, -0.2) is 93.7 Å². The molecule has 0 aliphatic carbocycles. The van der Waals surface area contributed by atoms with E-state index in [1.54, 1.807) is 44.2 Å². The number of carboxylic acids is 1. The van der Waals surface area contributed by atoms with Gasteiger partial charge in [-0.15, -0.1) is 0 Å². The van der Waals surface area contributed by atoms with E-state index in [2.05, 4.69) is 0 Å².